The number of nitrogens with one attached hydrogen (secondary N) is 1. The highest BCUT2D eigenvalue weighted by molar-refractivity contribution is 7.11. The molecule has 4 heteroatoms. The molecule has 0 aliphatic carbocycles. The summed E-state index contributed by atoms with van der Waals surface area (Å²) in [6, 6.07) is 3.85. The molecule has 2 unspecified atom stereocenters. The van der Waals surface area contributed by atoms with Crippen LogP contribution in [0.2, 0.25) is 0 Å². The molecule has 3 nitrogen and oxygen atoms in total. The minimum atomic E-state index is -0.537. The second kappa shape index (κ2) is 5.21. The monoisotopic (exact) mass is 201 g/mol. The fourth-order valence-corrected chi connectivity index (χ4v) is 1.60. The molecule has 0 radical (unpaired) electrons. The summed E-state index contributed by atoms with van der Waals surface area (Å²) in [6.45, 7) is 3.69. The van der Waals surface area contributed by atoms with Crippen LogP contribution in [0.15, 0.2) is 17.5 Å². The third-order valence-electron chi connectivity index (χ3n) is 1.55. The lowest BCUT2D eigenvalue weighted by atomic mass is 10.4. The van der Waals surface area contributed by atoms with Gasteiger partial charge in [0, 0.05) is 0 Å². The molecule has 1 aromatic rings. The summed E-state index contributed by atoms with van der Waals surface area (Å²) in [5, 5.41) is 14.8. The van der Waals surface area contributed by atoms with Crippen molar-refractivity contribution in [3.05, 3.63) is 17.5 Å². The third-order valence-corrected chi connectivity index (χ3v) is 2.31. The molecule has 0 bridgehead atoms. The van der Waals surface area contributed by atoms with Crippen molar-refractivity contribution >= 4 is 11.3 Å². The maximum absolute atomic E-state index is 9.09. The SMILES string of the molecule is CCC(NC(C)O)Oc1cccs1. The Morgan fingerprint density at radius 1 is 1.69 bits per heavy atom. The van der Waals surface area contributed by atoms with E-state index in [4.69, 9.17) is 9.84 Å². The van der Waals surface area contributed by atoms with Gasteiger partial charge < -0.3 is 9.84 Å². The second-order valence-corrected chi connectivity index (χ2v) is 3.70. The zero-order chi connectivity index (χ0) is 9.68. The Morgan fingerprint density at radius 2 is 2.46 bits per heavy atom. The van der Waals surface area contributed by atoms with Crippen LogP contribution in [0.4, 0.5) is 0 Å². The number of ether oxygens (including phenoxy) is 1. The Morgan fingerprint density at radius 3 is 2.92 bits per heavy atom. The first-order valence-corrected chi connectivity index (χ1v) is 5.24. The van der Waals surface area contributed by atoms with Crippen molar-refractivity contribution in [2.45, 2.75) is 32.7 Å². The second-order valence-electron chi connectivity index (χ2n) is 2.79. The van der Waals surface area contributed by atoms with Gasteiger partial charge in [-0.2, -0.15) is 0 Å². The van der Waals surface area contributed by atoms with Crippen molar-refractivity contribution < 1.29 is 9.84 Å². The van der Waals surface area contributed by atoms with Gasteiger partial charge in [-0.3, -0.25) is 5.32 Å². The van der Waals surface area contributed by atoms with Gasteiger partial charge in [-0.25, -0.2) is 0 Å². The van der Waals surface area contributed by atoms with Crippen LogP contribution < -0.4 is 10.1 Å². The zero-order valence-corrected chi connectivity index (χ0v) is 8.67. The Kier molecular flexibility index (Phi) is 4.21. The van der Waals surface area contributed by atoms with Crippen LogP contribution in [0.25, 0.3) is 0 Å². The van der Waals surface area contributed by atoms with Gasteiger partial charge in [0.1, 0.15) is 6.23 Å². The number of thiophene rings is 1. The van der Waals surface area contributed by atoms with E-state index in [2.05, 4.69) is 5.32 Å². The molecule has 0 aliphatic heterocycles. The third kappa shape index (κ3) is 3.76. The molecule has 0 aliphatic rings. The Labute approximate surface area is 82.4 Å². The van der Waals surface area contributed by atoms with Crippen molar-refractivity contribution in [2.24, 2.45) is 0 Å². The molecule has 2 atom stereocenters. The molecule has 1 aromatic heterocycles. The molecule has 2 N–H and O–H groups in total. The zero-order valence-electron chi connectivity index (χ0n) is 7.86. The molecule has 1 heterocycles. The van der Waals surface area contributed by atoms with E-state index in [-0.39, 0.29) is 6.23 Å². The van der Waals surface area contributed by atoms with Crippen molar-refractivity contribution in [1.29, 1.82) is 0 Å². The average Bonchev–Trinajstić information content (AvgIpc) is 2.55. The summed E-state index contributed by atoms with van der Waals surface area (Å²) < 4.78 is 5.56. The molecule has 0 saturated carbocycles. The lowest BCUT2D eigenvalue weighted by Crippen LogP contribution is -2.39. The van der Waals surface area contributed by atoms with Crippen LogP contribution in [-0.2, 0) is 0 Å². The lowest BCUT2D eigenvalue weighted by molar-refractivity contribution is 0.0673. The van der Waals surface area contributed by atoms with Crippen molar-refractivity contribution in [2.75, 3.05) is 0 Å². The van der Waals surface area contributed by atoms with Gasteiger partial charge in [-0.1, -0.05) is 6.92 Å². The fourth-order valence-electron chi connectivity index (χ4n) is 0.975. The molecule has 0 spiro atoms. The van der Waals surface area contributed by atoms with Gasteiger partial charge in [-0.05, 0) is 30.9 Å². The highest BCUT2D eigenvalue weighted by atomic mass is 32.1. The molecule has 13 heavy (non-hydrogen) atoms. The molecular formula is C9H15NO2S. The van der Waals surface area contributed by atoms with E-state index in [0.717, 1.165) is 11.5 Å². The van der Waals surface area contributed by atoms with Crippen molar-refractivity contribution in [3.63, 3.8) is 0 Å². The molecule has 0 aromatic carbocycles. The Bertz CT molecular complexity index is 224. The van der Waals surface area contributed by atoms with E-state index < -0.39 is 6.23 Å². The highest BCUT2D eigenvalue weighted by Gasteiger charge is 2.09. The van der Waals surface area contributed by atoms with Crippen LogP contribution in [0, 0.1) is 0 Å². The summed E-state index contributed by atoms with van der Waals surface area (Å²) in [4.78, 5) is 0. The fraction of sp³-hybridized carbons (Fsp3) is 0.556. The smallest absolute Gasteiger partial charge is 0.176 e. The van der Waals surface area contributed by atoms with E-state index >= 15 is 0 Å². The predicted octanol–water partition coefficient (Wildman–Crippen LogP) is 1.79. The maximum Gasteiger partial charge on any atom is 0.176 e. The molecule has 0 saturated heterocycles. The molecule has 0 amide bonds. The maximum atomic E-state index is 9.09. The first kappa shape index (κ1) is 10.5. The molecule has 74 valence electrons. The molecule has 1 rings (SSSR count). The van der Waals surface area contributed by atoms with Crippen LogP contribution in [0.1, 0.15) is 20.3 Å². The molecule has 0 fully saturated rings. The summed E-state index contributed by atoms with van der Waals surface area (Å²) in [5.41, 5.74) is 0. The number of hydrogen-bond donors (Lipinski definition) is 2. The van der Waals surface area contributed by atoms with Gasteiger partial charge in [0.15, 0.2) is 11.3 Å². The van der Waals surface area contributed by atoms with Gasteiger partial charge in [-0.15, -0.1) is 11.3 Å². The highest BCUT2D eigenvalue weighted by Crippen LogP contribution is 2.19. The van der Waals surface area contributed by atoms with E-state index in [1.807, 2.05) is 24.4 Å². The van der Waals surface area contributed by atoms with Crippen molar-refractivity contribution in [3.8, 4) is 5.06 Å². The summed E-state index contributed by atoms with van der Waals surface area (Å²) in [7, 11) is 0. The summed E-state index contributed by atoms with van der Waals surface area (Å²) in [6.07, 6.45) is 0.173. The van der Waals surface area contributed by atoms with Gasteiger partial charge >= 0.3 is 0 Å². The van der Waals surface area contributed by atoms with Crippen molar-refractivity contribution in [1.82, 2.24) is 5.32 Å². The van der Waals surface area contributed by atoms with Crippen LogP contribution in [0.5, 0.6) is 5.06 Å². The van der Waals surface area contributed by atoms with E-state index in [0.29, 0.717) is 0 Å². The number of hydrogen-bond acceptors (Lipinski definition) is 4. The minimum Gasteiger partial charge on any atom is -0.466 e. The van der Waals surface area contributed by atoms with E-state index in [1.165, 1.54) is 0 Å². The van der Waals surface area contributed by atoms with Crippen LogP contribution in [0.3, 0.4) is 0 Å². The van der Waals surface area contributed by atoms with E-state index in [9.17, 15) is 0 Å². The number of rotatable bonds is 5. The standard InChI is InChI=1S/C9H15NO2S/c1-3-8(10-7(2)11)12-9-5-4-6-13-9/h4-8,10-11H,3H2,1-2H3. The topological polar surface area (TPSA) is 41.5 Å². The predicted molar refractivity (Wildman–Crippen MR) is 53.8 cm³/mol. The van der Waals surface area contributed by atoms with Crippen LogP contribution in [-0.4, -0.2) is 17.6 Å². The lowest BCUT2D eigenvalue weighted by Gasteiger charge is -2.19. The average molecular weight is 201 g/mol. The number of aliphatic hydroxyl groups is 1. The Balaban J connectivity index is 2.40. The minimum absolute atomic E-state index is 0.112. The van der Waals surface area contributed by atoms with Gasteiger partial charge in [0.25, 0.3) is 0 Å². The number of aliphatic hydroxyl groups excluding tert-OH is 1. The summed E-state index contributed by atoms with van der Waals surface area (Å²) >= 11 is 1.55. The largest absolute Gasteiger partial charge is 0.466 e. The quantitative estimate of drug-likeness (QED) is 0.714. The Hall–Kier alpha value is -0.580. The van der Waals surface area contributed by atoms with Gasteiger partial charge in [0.05, 0.1) is 0 Å². The first-order valence-electron chi connectivity index (χ1n) is 4.36. The van der Waals surface area contributed by atoms with Crippen LogP contribution >= 0.6 is 11.3 Å². The van der Waals surface area contributed by atoms with Gasteiger partial charge in [0.2, 0.25) is 0 Å². The first-order chi connectivity index (χ1) is 6.22. The normalized spacial score (nSPS) is 15.3. The summed E-state index contributed by atoms with van der Waals surface area (Å²) in [5.74, 6) is 0. The van der Waals surface area contributed by atoms with E-state index in [1.54, 1.807) is 18.3 Å². The molecular weight excluding hydrogens is 186 g/mol.